The number of ether oxygens (including phenoxy) is 1. The fourth-order valence-corrected chi connectivity index (χ4v) is 6.83. The van der Waals surface area contributed by atoms with Crippen LogP contribution in [0.2, 0.25) is 0 Å². The fourth-order valence-electron chi connectivity index (χ4n) is 6.38. The van der Waals surface area contributed by atoms with Crippen molar-refractivity contribution in [2.24, 2.45) is 11.7 Å². The number of urea groups is 1. The van der Waals surface area contributed by atoms with E-state index in [1.54, 1.807) is 32.2 Å². The van der Waals surface area contributed by atoms with Gasteiger partial charge >= 0.3 is 6.03 Å². The van der Waals surface area contributed by atoms with Crippen LogP contribution in [0.15, 0.2) is 36.4 Å². The largest absolute Gasteiger partial charge is 0.381 e. The third kappa shape index (κ3) is 10.3. The number of carbonyl (C=O) groups is 3. The number of aromatic nitrogens is 1. The van der Waals surface area contributed by atoms with Gasteiger partial charge in [-0.05, 0) is 61.8 Å². The molecule has 3 rings (SSSR count). The molecule has 0 radical (unpaired) electrons. The minimum Gasteiger partial charge on any atom is -0.381 e. The summed E-state index contributed by atoms with van der Waals surface area (Å²) in [5, 5.41) is 4.30. The second-order valence-electron chi connectivity index (χ2n) is 12.9. The maximum Gasteiger partial charge on any atom is 0.317 e. The number of unbranched alkanes of at least 4 members (excludes halogenated alkanes) is 2. The number of likely N-dealkylation sites (tertiary alicyclic amines) is 1. The van der Waals surface area contributed by atoms with Gasteiger partial charge in [-0.25, -0.2) is 13.3 Å². The van der Waals surface area contributed by atoms with Crippen LogP contribution in [-0.2, 0) is 27.2 Å². The first-order valence-electron chi connectivity index (χ1n) is 17.1. The number of fused-ring (bicyclic) bond motifs is 1. The number of methoxy groups -OCH3 is 1. The monoisotopic (exact) mass is 684 g/mol. The Hall–Kier alpha value is -3.48. The summed E-state index contributed by atoms with van der Waals surface area (Å²) in [4.78, 5) is 40.3. The number of hydrogen-bond acceptors (Lipinski definition) is 5. The molecule has 12 heteroatoms. The van der Waals surface area contributed by atoms with Crippen LogP contribution in [0.25, 0.3) is 16.5 Å². The molecule has 1 aromatic heterocycles. The Kier molecular flexibility index (Phi) is 15.3. The molecular weight excluding hydrogens is 628 g/mol. The Morgan fingerprint density at radius 2 is 1.94 bits per heavy atom. The van der Waals surface area contributed by atoms with Crippen LogP contribution < -0.4 is 15.8 Å². The van der Waals surface area contributed by atoms with Gasteiger partial charge in [-0.1, -0.05) is 64.3 Å². The van der Waals surface area contributed by atoms with E-state index >= 15 is 0 Å². The molecule has 0 spiro atoms. The summed E-state index contributed by atoms with van der Waals surface area (Å²) in [6.45, 7) is 10.4. The Morgan fingerprint density at radius 3 is 2.56 bits per heavy atom. The summed E-state index contributed by atoms with van der Waals surface area (Å²) in [5.74, 6) is -0.912. The predicted octanol–water partition coefficient (Wildman–Crippen LogP) is 5.49. The number of rotatable bonds is 18. The zero-order valence-corrected chi connectivity index (χ0v) is 30.7. The molecule has 0 saturated carbocycles. The number of allylic oxidation sites excluding steroid dienone is 2. The van der Waals surface area contributed by atoms with Gasteiger partial charge in [0.25, 0.3) is 5.91 Å². The quantitative estimate of drug-likeness (QED) is 0.141. The highest BCUT2D eigenvalue weighted by Crippen LogP contribution is 2.39. The molecule has 4 atom stereocenters. The third-order valence-corrected chi connectivity index (χ3v) is 9.98. The lowest BCUT2D eigenvalue weighted by atomic mass is 9.90. The Morgan fingerprint density at radius 1 is 1.19 bits per heavy atom. The second-order valence-corrected chi connectivity index (χ2v) is 14.4. The van der Waals surface area contributed by atoms with E-state index in [-0.39, 0.29) is 29.8 Å². The normalized spacial score (nSPS) is 17.3. The molecule has 1 aliphatic heterocycles. The lowest BCUT2D eigenvalue weighted by Gasteiger charge is -2.25. The van der Waals surface area contributed by atoms with Crippen molar-refractivity contribution >= 4 is 45.5 Å². The van der Waals surface area contributed by atoms with Crippen LogP contribution in [-0.4, -0.2) is 82.8 Å². The van der Waals surface area contributed by atoms with Crippen molar-refractivity contribution in [3.63, 3.8) is 0 Å². The average molecular weight is 685 g/mol. The highest BCUT2D eigenvalue weighted by Gasteiger charge is 2.31. The Bertz CT molecular complexity index is 1500. The first-order chi connectivity index (χ1) is 22.9. The molecule has 2 heterocycles. The standard InChI is InChI=1S/C36H56N6O5S/c1-8-10-11-15-25(3)32-30-18-17-27(35(44)39-48(46)40(5)6)22-31(30)42(33(32)26(4)14-9-2)24-29(16-12-13-21-47-7)38-36(45)41-20-19-28(23-41)34(37)43/h12-14,17-18,22,25,28-29H,8-11,15-16,19-21,23-24H2,1-7H3,(H2,37,43)(H,38,45)(H,39,44)/b13-12+,26-14+. The highest BCUT2D eigenvalue weighted by atomic mass is 32.2. The lowest BCUT2D eigenvalue weighted by molar-refractivity contribution is -0.121. The van der Waals surface area contributed by atoms with Crippen molar-refractivity contribution in [1.29, 1.82) is 0 Å². The summed E-state index contributed by atoms with van der Waals surface area (Å²) in [5.41, 5.74) is 10.3. The summed E-state index contributed by atoms with van der Waals surface area (Å²) < 4.78 is 23.9. The number of nitrogens with two attached hydrogens (primary N) is 1. The van der Waals surface area contributed by atoms with E-state index in [0.717, 1.165) is 54.3 Å². The molecule has 0 aliphatic carbocycles. The van der Waals surface area contributed by atoms with Gasteiger partial charge in [0.15, 0.2) is 11.2 Å². The van der Waals surface area contributed by atoms with Gasteiger partial charge in [0.2, 0.25) is 5.91 Å². The third-order valence-electron chi connectivity index (χ3n) is 8.95. The van der Waals surface area contributed by atoms with Crippen LogP contribution in [0.3, 0.4) is 0 Å². The number of primary amides is 1. The van der Waals surface area contributed by atoms with E-state index < -0.39 is 17.1 Å². The lowest BCUT2D eigenvalue weighted by Crippen LogP contribution is -2.45. The van der Waals surface area contributed by atoms with E-state index in [2.05, 4.69) is 48.4 Å². The predicted molar refractivity (Wildman–Crippen MR) is 195 cm³/mol. The van der Waals surface area contributed by atoms with E-state index in [0.29, 0.717) is 44.6 Å². The Labute approximate surface area is 289 Å². The molecular formula is C36H56N6O5S. The van der Waals surface area contributed by atoms with Gasteiger partial charge in [0.1, 0.15) is 0 Å². The van der Waals surface area contributed by atoms with Gasteiger partial charge in [-0.3, -0.25) is 14.3 Å². The smallest absolute Gasteiger partial charge is 0.317 e. The molecule has 266 valence electrons. The van der Waals surface area contributed by atoms with Crippen LogP contribution >= 0.6 is 0 Å². The minimum atomic E-state index is -1.67. The molecule has 1 aliphatic rings. The van der Waals surface area contributed by atoms with Crippen molar-refractivity contribution in [3.8, 4) is 0 Å². The van der Waals surface area contributed by atoms with Crippen molar-refractivity contribution in [2.45, 2.75) is 91.1 Å². The number of hydrogen-bond donors (Lipinski definition) is 3. The molecule has 4 amide bonds. The number of amides is 4. The van der Waals surface area contributed by atoms with Gasteiger partial charge in [-0.15, -0.1) is 0 Å². The second kappa shape index (κ2) is 18.9. The molecule has 1 saturated heterocycles. The number of nitrogens with one attached hydrogen (secondary N) is 2. The fraction of sp³-hybridized carbons (Fsp3) is 0.583. The van der Waals surface area contributed by atoms with Gasteiger partial charge in [0.05, 0.1) is 18.6 Å². The van der Waals surface area contributed by atoms with Gasteiger partial charge in [-0.2, -0.15) is 0 Å². The summed E-state index contributed by atoms with van der Waals surface area (Å²) >= 11 is -1.67. The van der Waals surface area contributed by atoms with Gasteiger partial charge < -0.3 is 25.3 Å². The number of carbonyl (C=O) groups excluding carboxylic acids is 3. The topological polar surface area (TPSA) is 139 Å². The summed E-state index contributed by atoms with van der Waals surface area (Å²) in [6, 6.07) is 5.13. The maximum absolute atomic E-state index is 13.6. The molecule has 1 fully saturated rings. The van der Waals surface area contributed by atoms with E-state index in [1.165, 1.54) is 9.87 Å². The first-order valence-corrected chi connectivity index (χ1v) is 18.3. The van der Waals surface area contributed by atoms with Crippen LogP contribution in [0.5, 0.6) is 0 Å². The molecule has 48 heavy (non-hydrogen) atoms. The first kappa shape index (κ1) is 39.0. The molecule has 4 unspecified atom stereocenters. The van der Waals surface area contributed by atoms with Crippen molar-refractivity contribution in [2.75, 3.05) is 40.9 Å². The zero-order valence-electron chi connectivity index (χ0n) is 29.8. The molecule has 11 nitrogen and oxygen atoms in total. The van der Waals surface area contributed by atoms with E-state index in [9.17, 15) is 18.6 Å². The average Bonchev–Trinajstić information content (AvgIpc) is 3.67. The van der Waals surface area contributed by atoms with Crippen LogP contribution in [0.4, 0.5) is 4.79 Å². The zero-order chi connectivity index (χ0) is 35.4. The number of benzene rings is 1. The molecule has 0 bridgehead atoms. The molecule has 4 N–H and O–H groups in total. The minimum absolute atomic E-state index is 0.234. The SMILES string of the molecule is CC/C=C(\C)c1c(C(C)CCCCC)c2ccc(C(=O)NS(=O)N(C)C)cc2n1CC(C/C=C/COC)NC(=O)N1CCC(C(N)=O)C1. The van der Waals surface area contributed by atoms with E-state index in [1.807, 2.05) is 24.3 Å². The van der Waals surface area contributed by atoms with Crippen molar-refractivity contribution in [1.82, 2.24) is 23.8 Å². The van der Waals surface area contributed by atoms with Gasteiger partial charge in [0, 0.05) is 63.0 Å². The Balaban J connectivity index is 2.17. The number of nitrogens with zero attached hydrogens (tertiary/aromatic N) is 3. The summed E-state index contributed by atoms with van der Waals surface area (Å²) in [7, 11) is 4.91. The summed E-state index contributed by atoms with van der Waals surface area (Å²) in [6.07, 6.45) is 12.6. The molecule has 2 aromatic rings. The van der Waals surface area contributed by atoms with Crippen LogP contribution in [0, 0.1) is 5.92 Å². The maximum atomic E-state index is 13.6. The van der Waals surface area contributed by atoms with Crippen molar-refractivity contribution < 1.29 is 23.3 Å². The van der Waals surface area contributed by atoms with Crippen LogP contribution in [0.1, 0.15) is 100 Å². The highest BCUT2D eigenvalue weighted by molar-refractivity contribution is 7.81. The van der Waals surface area contributed by atoms with Crippen molar-refractivity contribution in [3.05, 3.63) is 53.2 Å². The molecule has 1 aromatic carbocycles. The van der Waals surface area contributed by atoms with E-state index in [4.69, 9.17) is 10.5 Å².